The second-order valence-corrected chi connectivity index (χ2v) is 8.12. The van der Waals surface area contributed by atoms with Crippen molar-refractivity contribution in [3.8, 4) is 0 Å². The topological polar surface area (TPSA) is 112 Å². The quantitative estimate of drug-likeness (QED) is 0.690. The van der Waals surface area contributed by atoms with E-state index in [1.807, 2.05) is 0 Å². The summed E-state index contributed by atoms with van der Waals surface area (Å²) in [6, 6.07) is 0. The van der Waals surface area contributed by atoms with Gasteiger partial charge in [-0.2, -0.15) is 0 Å². The summed E-state index contributed by atoms with van der Waals surface area (Å²) in [5.74, 6) is -3.21. The fraction of sp³-hybridized carbons (Fsp3) is 0.667. The Morgan fingerprint density at radius 2 is 1.85 bits per heavy atom. The Kier molecular flexibility index (Phi) is 3.03. The van der Waals surface area contributed by atoms with E-state index in [1.165, 1.54) is 6.92 Å². The normalized spacial score (nSPS) is 30.1. The highest BCUT2D eigenvalue weighted by atomic mass is 32.2. The lowest BCUT2D eigenvalue weighted by molar-refractivity contribution is -0.157. The number of carbonyl (C=O) groups excluding carboxylic acids is 1. The number of aliphatic hydroxyl groups excluding tert-OH is 1. The molecule has 2 aliphatic heterocycles. The number of amides is 1. The zero-order valence-electron chi connectivity index (χ0n) is 11.6. The van der Waals surface area contributed by atoms with Gasteiger partial charge in [-0.05, 0) is 6.92 Å². The minimum atomic E-state index is -3.96. The lowest BCUT2D eigenvalue weighted by Crippen LogP contribution is -2.64. The Hall–Kier alpha value is -1.41. The van der Waals surface area contributed by atoms with E-state index < -0.39 is 50.2 Å². The van der Waals surface area contributed by atoms with E-state index in [4.69, 9.17) is 0 Å². The molecule has 0 unspecified atom stereocenters. The molecule has 0 aliphatic carbocycles. The smallest absolute Gasteiger partial charge is 0.353 e. The van der Waals surface area contributed by atoms with Crippen LogP contribution in [-0.2, 0) is 19.4 Å². The summed E-state index contributed by atoms with van der Waals surface area (Å²) in [5.41, 5.74) is -1.42. The van der Waals surface area contributed by atoms with Crippen molar-refractivity contribution < 1.29 is 28.2 Å². The van der Waals surface area contributed by atoms with Crippen molar-refractivity contribution in [2.24, 2.45) is 11.3 Å². The number of β-lactam (4-membered cyclic amide) rings is 1. The Bertz CT molecular complexity index is 625. The van der Waals surface area contributed by atoms with Crippen molar-refractivity contribution in [2.75, 3.05) is 0 Å². The summed E-state index contributed by atoms with van der Waals surface area (Å²) in [5, 5.41) is 17.5. The zero-order valence-corrected chi connectivity index (χ0v) is 12.4. The first-order valence-corrected chi connectivity index (χ1v) is 7.70. The molecule has 0 aromatic heterocycles. The van der Waals surface area contributed by atoms with Crippen molar-refractivity contribution >= 4 is 21.7 Å². The highest BCUT2D eigenvalue weighted by Crippen LogP contribution is 2.50. The largest absolute Gasteiger partial charge is 0.477 e. The number of aliphatic hydroxyl groups is 1. The number of hydrogen-bond donors (Lipinski definition) is 2. The molecular weight excluding hydrogens is 286 g/mol. The SMILES string of the molecule is C[C@@H](O)[C@H]1C(=O)N2C(C(=O)O)=C(C(C)(C)C)S(=O)(=O)[C@H]12. The molecule has 112 valence electrons. The maximum absolute atomic E-state index is 12.6. The van der Waals surface area contributed by atoms with Crippen LogP contribution < -0.4 is 0 Å². The van der Waals surface area contributed by atoms with Crippen molar-refractivity contribution in [1.82, 2.24) is 4.90 Å². The lowest BCUT2D eigenvalue weighted by Gasteiger charge is -2.42. The van der Waals surface area contributed by atoms with Gasteiger partial charge in [-0.3, -0.25) is 9.69 Å². The van der Waals surface area contributed by atoms with Gasteiger partial charge >= 0.3 is 5.97 Å². The molecule has 7 nitrogen and oxygen atoms in total. The lowest BCUT2D eigenvalue weighted by atomic mass is 9.90. The van der Waals surface area contributed by atoms with E-state index in [-0.39, 0.29) is 4.91 Å². The van der Waals surface area contributed by atoms with Gasteiger partial charge in [-0.25, -0.2) is 13.2 Å². The summed E-state index contributed by atoms with van der Waals surface area (Å²) in [7, 11) is -3.96. The van der Waals surface area contributed by atoms with Gasteiger partial charge in [-0.15, -0.1) is 0 Å². The number of carboxylic acid groups (broad SMARTS) is 1. The van der Waals surface area contributed by atoms with Crippen LogP contribution in [-0.4, -0.2) is 46.9 Å². The fourth-order valence-electron chi connectivity index (χ4n) is 2.85. The minimum absolute atomic E-state index is 0.251. The first-order chi connectivity index (χ1) is 8.92. The van der Waals surface area contributed by atoms with Crippen molar-refractivity contribution in [3.05, 3.63) is 10.6 Å². The summed E-state index contributed by atoms with van der Waals surface area (Å²) in [4.78, 5) is 23.9. The predicted molar refractivity (Wildman–Crippen MR) is 68.8 cm³/mol. The number of sulfone groups is 1. The summed E-state index contributed by atoms with van der Waals surface area (Å²) in [6.45, 7) is 6.06. The number of allylic oxidation sites excluding steroid dienone is 1. The molecule has 1 saturated heterocycles. The highest BCUT2D eigenvalue weighted by Gasteiger charge is 2.66. The van der Waals surface area contributed by atoms with Crippen LogP contribution in [0.4, 0.5) is 0 Å². The Morgan fingerprint density at radius 3 is 2.20 bits per heavy atom. The van der Waals surface area contributed by atoms with Crippen LogP contribution in [0.25, 0.3) is 0 Å². The van der Waals surface area contributed by atoms with E-state index in [2.05, 4.69) is 0 Å². The molecule has 1 fully saturated rings. The number of carbonyl (C=O) groups is 2. The second-order valence-electron chi connectivity index (χ2n) is 6.14. The Labute approximate surface area is 116 Å². The number of aliphatic carboxylic acids is 1. The molecule has 0 saturated carbocycles. The van der Waals surface area contributed by atoms with Gasteiger partial charge in [0, 0.05) is 5.41 Å². The molecule has 0 spiro atoms. The van der Waals surface area contributed by atoms with E-state index >= 15 is 0 Å². The van der Waals surface area contributed by atoms with E-state index in [0.717, 1.165) is 4.90 Å². The monoisotopic (exact) mass is 303 g/mol. The summed E-state index contributed by atoms with van der Waals surface area (Å²) in [6.07, 6.45) is -1.15. The maximum atomic E-state index is 12.6. The molecule has 2 aliphatic rings. The molecule has 2 rings (SSSR count). The zero-order chi connectivity index (χ0) is 15.6. The second kappa shape index (κ2) is 4.05. The third-order valence-corrected chi connectivity index (χ3v) is 6.06. The van der Waals surface area contributed by atoms with Crippen molar-refractivity contribution in [2.45, 2.75) is 39.2 Å². The van der Waals surface area contributed by atoms with Gasteiger partial charge in [0.15, 0.2) is 15.2 Å². The molecule has 0 radical (unpaired) electrons. The van der Waals surface area contributed by atoms with Crippen LogP contribution in [0.3, 0.4) is 0 Å². The molecule has 0 aromatic rings. The highest BCUT2D eigenvalue weighted by molar-refractivity contribution is 7.96. The van der Waals surface area contributed by atoms with Gasteiger partial charge in [0.05, 0.1) is 16.9 Å². The van der Waals surface area contributed by atoms with Crippen LogP contribution in [0.5, 0.6) is 0 Å². The maximum Gasteiger partial charge on any atom is 0.353 e. The average molecular weight is 303 g/mol. The summed E-state index contributed by atoms with van der Waals surface area (Å²) >= 11 is 0. The fourth-order valence-corrected chi connectivity index (χ4v) is 5.61. The molecule has 3 atom stereocenters. The van der Waals surface area contributed by atoms with Gasteiger partial charge in [0.1, 0.15) is 5.70 Å². The molecule has 0 aromatic carbocycles. The van der Waals surface area contributed by atoms with Crippen LogP contribution in [0.15, 0.2) is 10.6 Å². The van der Waals surface area contributed by atoms with Gasteiger partial charge < -0.3 is 10.2 Å². The van der Waals surface area contributed by atoms with Crippen LogP contribution in [0, 0.1) is 11.3 Å². The van der Waals surface area contributed by atoms with Gasteiger partial charge in [-0.1, -0.05) is 20.8 Å². The molecule has 2 heterocycles. The Balaban J connectivity index is 2.68. The van der Waals surface area contributed by atoms with Crippen LogP contribution >= 0.6 is 0 Å². The van der Waals surface area contributed by atoms with Gasteiger partial charge in [0.25, 0.3) is 0 Å². The average Bonchev–Trinajstić information content (AvgIpc) is 2.42. The number of rotatable bonds is 2. The van der Waals surface area contributed by atoms with E-state index in [9.17, 15) is 28.2 Å². The molecule has 8 heteroatoms. The number of hydrogen-bond acceptors (Lipinski definition) is 5. The van der Waals surface area contributed by atoms with Crippen LogP contribution in [0.2, 0.25) is 0 Å². The predicted octanol–water partition coefficient (Wildman–Crippen LogP) is -0.0776. The van der Waals surface area contributed by atoms with Crippen molar-refractivity contribution in [3.63, 3.8) is 0 Å². The third-order valence-electron chi connectivity index (χ3n) is 3.55. The molecular formula is C12H17NO6S. The van der Waals surface area contributed by atoms with E-state index in [0.29, 0.717) is 0 Å². The number of fused-ring (bicyclic) bond motifs is 1. The van der Waals surface area contributed by atoms with Gasteiger partial charge in [0.2, 0.25) is 5.91 Å². The first-order valence-electron chi connectivity index (χ1n) is 6.15. The first kappa shape index (κ1) is 15.0. The molecule has 2 N–H and O–H groups in total. The molecule has 20 heavy (non-hydrogen) atoms. The molecule has 1 amide bonds. The molecule has 0 bridgehead atoms. The standard InChI is InChI=1S/C12H17NO6S/c1-5(14)6-9(15)13-7(11(16)17)8(12(2,3)4)20(18,19)10(6)13/h5-6,10,14H,1-4H3,(H,16,17)/t5-,6+,10-/m1/s1. The minimum Gasteiger partial charge on any atom is -0.477 e. The number of carboxylic acids is 1. The van der Waals surface area contributed by atoms with Crippen LogP contribution in [0.1, 0.15) is 27.7 Å². The number of nitrogens with zero attached hydrogens (tertiary/aromatic N) is 1. The van der Waals surface area contributed by atoms with Crippen molar-refractivity contribution in [1.29, 1.82) is 0 Å². The van der Waals surface area contributed by atoms with E-state index in [1.54, 1.807) is 20.8 Å². The summed E-state index contributed by atoms with van der Waals surface area (Å²) < 4.78 is 25.1. The third kappa shape index (κ3) is 1.71. The Morgan fingerprint density at radius 1 is 1.35 bits per heavy atom.